The van der Waals surface area contributed by atoms with E-state index in [1.54, 1.807) is 12.4 Å². The number of pyridine rings is 1. The van der Waals surface area contributed by atoms with E-state index in [9.17, 15) is 0 Å². The zero-order valence-corrected chi connectivity index (χ0v) is 9.11. The molecule has 1 N–H and O–H groups in total. The third-order valence-electron chi connectivity index (χ3n) is 2.56. The quantitative estimate of drug-likeness (QED) is 0.784. The number of anilines is 1. The Bertz CT molecular complexity index is 448. The van der Waals surface area contributed by atoms with Crippen LogP contribution in [0.3, 0.4) is 0 Å². The zero-order valence-electron chi connectivity index (χ0n) is 9.11. The van der Waals surface area contributed by atoms with Gasteiger partial charge < -0.3 is 5.32 Å². The summed E-state index contributed by atoms with van der Waals surface area (Å²) in [6, 6.07) is 2.08. The van der Waals surface area contributed by atoms with Gasteiger partial charge in [-0.1, -0.05) is 0 Å². The number of hydrogen-bond acceptors (Lipinski definition) is 4. The summed E-state index contributed by atoms with van der Waals surface area (Å²) < 4.78 is 0. The first-order chi connectivity index (χ1) is 7.85. The molecule has 1 aliphatic heterocycles. The van der Waals surface area contributed by atoms with Gasteiger partial charge in [0.05, 0.1) is 11.9 Å². The molecule has 0 radical (unpaired) electrons. The molecule has 0 fully saturated rings. The maximum atomic E-state index is 4.37. The zero-order chi connectivity index (χ0) is 11.4. The van der Waals surface area contributed by atoms with Gasteiger partial charge in [-0.05, 0) is 37.9 Å². The van der Waals surface area contributed by atoms with Crippen LogP contribution < -0.4 is 5.32 Å². The predicted molar refractivity (Wildman–Crippen MR) is 68.1 cm³/mol. The van der Waals surface area contributed by atoms with Gasteiger partial charge in [-0.3, -0.25) is 9.98 Å². The van der Waals surface area contributed by atoms with Crippen molar-refractivity contribution in [2.24, 2.45) is 9.98 Å². The monoisotopic (exact) mass is 214 g/mol. The first-order valence-electron chi connectivity index (χ1n) is 5.21. The lowest BCUT2D eigenvalue weighted by atomic mass is 10.0. The fourth-order valence-electron chi connectivity index (χ4n) is 1.78. The third kappa shape index (κ3) is 2.00. The summed E-state index contributed by atoms with van der Waals surface area (Å²) in [4.78, 5) is 12.0. The summed E-state index contributed by atoms with van der Waals surface area (Å²) in [5.74, 6) is 0.977. The molecule has 0 aliphatic carbocycles. The molecule has 0 aromatic carbocycles. The first-order valence-corrected chi connectivity index (χ1v) is 5.21. The van der Waals surface area contributed by atoms with Crippen molar-refractivity contribution >= 4 is 24.9 Å². The van der Waals surface area contributed by atoms with E-state index in [2.05, 4.69) is 39.8 Å². The fourth-order valence-corrected chi connectivity index (χ4v) is 1.78. The number of aryl methyl sites for hydroxylation is 1. The van der Waals surface area contributed by atoms with Crippen LogP contribution in [0.15, 0.2) is 28.4 Å². The van der Waals surface area contributed by atoms with Crippen LogP contribution in [-0.4, -0.2) is 25.0 Å². The second kappa shape index (κ2) is 4.70. The van der Waals surface area contributed by atoms with Gasteiger partial charge in [-0.25, -0.2) is 4.98 Å². The molecule has 1 aromatic heterocycles. The Labute approximate surface area is 94.9 Å². The smallest absolute Gasteiger partial charge is 0.129 e. The fraction of sp³-hybridized carbons (Fsp3) is 0.250. The van der Waals surface area contributed by atoms with E-state index in [1.807, 2.05) is 0 Å². The Kier molecular flexibility index (Phi) is 3.10. The van der Waals surface area contributed by atoms with E-state index in [4.69, 9.17) is 0 Å². The molecule has 16 heavy (non-hydrogen) atoms. The molecule has 0 saturated heterocycles. The molecule has 2 rings (SSSR count). The van der Waals surface area contributed by atoms with Crippen molar-refractivity contribution in [2.45, 2.75) is 12.8 Å². The Balaban J connectivity index is 2.39. The van der Waals surface area contributed by atoms with E-state index in [-0.39, 0.29) is 0 Å². The molecule has 1 aromatic rings. The first kappa shape index (κ1) is 10.5. The molecule has 0 unspecified atom stereocenters. The van der Waals surface area contributed by atoms with E-state index in [0.29, 0.717) is 5.70 Å². The number of nitrogens with zero attached hydrogens (tertiary/aromatic N) is 3. The number of hydrogen-bond donors (Lipinski definition) is 1. The number of nitrogens with one attached hydrogen (secondary N) is 1. The van der Waals surface area contributed by atoms with Crippen LogP contribution >= 0.6 is 0 Å². The highest BCUT2D eigenvalue weighted by Gasteiger charge is 2.11. The van der Waals surface area contributed by atoms with E-state index < -0.39 is 0 Å². The van der Waals surface area contributed by atoms with Crippen LogP contribution in [0.25, 0.3) is 5.70 Å². The average Bonchev–Trinajstić information content (AvgIpc) is 2.35. The Hall–Kier alpha value is -1.97. The number of fused-ring (bicyclic) bond motifs is 1. The van der Waals surface area contributed by atoms with Gasteiger partial charge in [-0.15, -0.1) is 0 Å². The molecule has 0 amide bonds. The van der Waals surface area contributed by atoms with Gasteiger partial charge in [0.25, 0.3) is 0 Å². The molecule has 0 bridgehead atoms. The molecule has 1 aliphatic rings. The van der Waals surface area contributed by atoms with Crippen molar-refractivity contribution in [2.75, 3.05) is 11.9 Å². The number of rotatable bonds is 3. The lowest BCUT2D eigenvalue weighted by molar-refractivity contribution is 0.817. The Morgan fingerprint density at radius 1 is 1.50 bits per heavy atom. The van der Waals surface area contributed by atoms with Gasteiger partial charge in [0, 0.05) is 18.3 Å². The summed E-state index contributed by atoms with van der Waals surface area (Å²) in [7, 11) is 0. The van der Waals surface area contributed by atoms with Crippen molar-refractivity contribution in [3.63, 3.8) is 0 Å². The van der Waals surface area contributed by atoms with Gasteiger partial charge in [0.1, 0.15) is 5.82 Å². The van der Waals surface area contributed by atoms with Crippen LogP contribution in [0.4, 0.5) is 5.82 Å². The second-order valence-corrected chi connectivity index (χ2v) is 3.62. The summed E-state index contributed by atoms with van der Waals surface area (Å²) >= 11 is 0. The van der Waals surface area contributed by atoms with E-state index in [0.717, 1.165) is 30.8 Å². The number of aromatic nitrogens is 1. The van der Waals surface area contributed by atoms with Crippen molar-refractivity contribution in [1.29, 1.82) is 0 Å². The average molecular weight is 214 g/mol. The highest BCUT2D eigenvalue weighted by atomic mass is 15.0. The standard InChI is InChI=1S/C12H14N4/c1-13-8-11(14-2)10-6-9-4-3-5-15-12(9)16-7-10/h6-8H,1-5H2,(H,15,16)/b11-8-. The summed E-state index contributed by atoms with van der Waals surface area (Å²) in [5, 5.41) is 3.27. The largest absolute Gasteiger partial charge is 0.370 e. The molecule has 0 saturated carbocycles. The summed E-state index contributed by atoms with van der Waals surface area (Å²) in [5.41, 5.74) is 2.86. The van der Waals surface area contributed by atoms with Gasteiger partial charge in [0.2, 0.25) is 0 Å². The number of aliphatic imine (C=N–C) groups is 2. The van der Waals surface area contributed by atoms with Crippen molar-refractivity contribution < 1.29 is 0 Å². The van der Waals surface area contributed by atoms with Gasteiger partial charge in [-0.2, -0.15) is 0 Å². The third-order valence-corrected chi connectivity index (χ3v) is 2.56. The van der Waals surface area contributed by atoms with Crippen molar-refractivity contribution in [1.82, 2.24) is 4.98 Å². The molecular formula is C12H14N4. The van der Waals surface area contributed by atoms with Crippen LogP contribution in [0.1, 0.15) is 17.5 Å². The molecular weight excluding hydrogens is 200 g/mol. The van der Waals surface area contributed by atoms with Gasteiger partial charge >= 0.3 is 0 Å². The maximum absolute atomic E-state index is 4.37. The molecule has 4 heteroatoms. The minimum Gasteiger partial charge on any atom is -0.370 e. The van der Waals surface area contributed by atoms with Crippen molar-refractivity contribution in [3.8, 4) is 0 Å². The minimum atomic E-state index is 0.705. The highest BCUT2D eigenvalue weighted by molar-refractivity contribution is 5.69. The van der Waals surface area contributed by atoms with Crippen LogP contribution in [0.5, 0.6) is 0 Å². The maximum Gasteiger partial charge on any atom is 0.129 e. The SMILES string of the molecule is C=N/C=C(\N=C)c1cnc2c(c1)CCCN2. The summed E-state index contributed by atoms with van der Waals surface area (Å²) in [6.45, 7) is 7.93. The van der Waals surface area contributed by atoms with Crippen LogP contribution in [0, 0.1) is 0 Å². The van der Waals surface area contributed by atoms with E-state index in [1.165, 1.54) is 5.56 Å². The highest BCUT2D eigenvalue weighted by Crippen LogP contribution is 2.24. The molecule has 0 atom stereocenters. The molecule has 4 nitrogen and oxygen atoms in total. The van der Waals surface area contributed by atoms with Crippen LogP contribution in [0.2, 0.25) is 0 Å². The molecule has 0 spiro atoms. The lowest BCUT2D eigenvalue weighted by Gasteiger charge is -2.17. The summed E-state index contributed by atoms with van der Waals surface area (Å²) in [6.07, 6.45) is 5.56. The van der Waals surface area contributed by atoms with Crippen LogP contribution in [-0.2, 0) is 6.42 Å². The lowest BCUT2D eigenvalue weighted by Crippen LogP contribution is -2.13. The topological polar surface area (TPSA) is 49.6 Å². The Morgan fingerprint density at radius 3 is 3.12 bits per heavy atom. The van der Waals surface area contributed by atoms with Gasteiger partial charge in [0.15, 0.2) is 0 Å². The minimum absolute atomic E-state index is 0.705. The van der Waals surface area contributed by atoms with E-state index >= 15 is 0 Å². The normalized spacial score (nSPS) is 14.9. The molecule has 2 heterocycles. The second-order valence-electron chi connectivity index (χ2n) is 3.62. The Morgan fingerprint density at radius 2 is 2.38 bits per heavy atom. The molecule has 82 valence electrons. The van der Waals surface area contributed by atoms with Crippen molar-refractivity contribution in [3.05, 3.63) is 29.6 Å². The predicted octanol–water partition coefficient (Wildman–Crippen LogP) is 2.14.